The van der Waals surface area contributed by atoms with Gasteiger partial charge in [-0.25, -0.2) is 0 Å². The van der Waals surface area contributed by atoms with E-state index < -0.39 is 0 Å². The molecule has 0 saturated heterocycles. The minimum absolute atomic E-state index is 0.0683. The fraction of sp³-hybridized carbons (Fsp3) is 0.167. The second-order valence-corrected chi connectivity index (χ2v) is 4.80. The lowest BCUT2D eigenvalue weighted by Gasteiger charge is -2.12. The minimum Gasteiger partial charge on any atom is -0.347 e. The highest BCUT2D eigenvalue weighted by atomic mass is 35.5. The maximum atomic E-state index is 8.89. The molecule has 0 aliphatic rings. The Morgan fingerprint density at radius 2 is 1.95 bits per heavy atom. The van der Waals surface area contributed by atoms with Crippen LogP contribution in [0.5, 0.6) is 0 Å². The second-order valence-electron chi connectivity index (χ2n) is 4.05. The van der Waals surface area contributed by atoms with Gasteiger partial charge in [-0.1, -0.05) is 11.6 Å². The van der Waals surface area contributed by atoms with Gasteiger partial charge >= 0.3 is 0 Å². The van der Waals surface area contributed by atoms with Crippen molar-refractivity contribution in [3.8, 4) is 6.07 Å². The van der Waals surface area contributed by atoms with Crippen LogP contribution in [0.2, 0.25) is 10.3 Å². The molecule has 0 aliphatic heterocycles. The van der Waals surface area contributed by atoms with Gasteiger partial charge in [-0.15, -0.1) is 0 Å². The molecule has 0 unspecified atom stereocenters. The van der Waals surface area contributed by atoms with Crippen molar-refractivity contribution >= 4 is 40.8 Å². The van der Waals surface area contributed by atoms with E-state index in [-0.39, 0.29) is 11.2 Å². The Morgan fingerprint density at radius 3 is 2.60 bits per heavy atom. The van der Waals surface area contributed by atoms with Gasteiger partial charge < -0.3 is 10.2 Å². The Morgan fingerprint density at radius 1 is 1.20 bits per heavy atom. The fourth-order valence-corrected chi connectivity index (χ4v) is 1.73. The van der Waals surface area contributed by atoms with Crippen LogP contribution >= 0.6 is 23.2 Å². The van der Waals surface area contributed by atoms with E-state index in [0.29, 0.717) is 22.2 Å². The van der Waals surface area contributed by atoms with E-state index in [2.05, 4.69) is 20.3 Å². The van der Waals surface area contributed by atoms with Crippen LogP contribution in [-0.4, -0.2) is 29.0 Å². The van der Waals surface area contributed by atoms with E-state index in [1.54, 1.807) is 37.2 Å². The van der Waals surface area contributed by atoms with Crippen molar-refractivity contribution in [2.75, 3.05) is 24.3 Å². The zero-order chi connectivity index (χ0) is 14.7. The molecule has 1 N–H and O–H groups in total. The summed E-state index contributed by atoms with van der Waals surface area (Å²) in [7, 11) is 3.58. The third kappa shape index (κ3) is 3.26. The van der Waals surface area contributed by atoms with Crippen LogP contribution in [0.25, 0.3) is 0 Å². The van der Waals surface area contributed by atoms with Gasteiger partial charge in [0.25, 0.3) is 0 Å². The maximum absolute atomic E-state index is 8.89. The first-order chi connectivity index (χ1) is 9.49. The highest BCUT2D eigenvalue weighted by Gasteiger charge is 2.09. The van der Waals surface area contributed by atoms with Crippen molar-refractivity contribution < 1.29 is 0 Å². The smallest absolute Gasteiger partial charge is 0.233 e. The summed E-state index contributed by atoms with van der Waals surface area (Å²) in [4.78, 5) is 13.8. The summed E-state index contributed by atoms with van der Waals surface area (Å²) < 4.78 is 0. The molecule has 0 radical (unpaired) electrons. The average molecular weight is 309 g/mol. The number of benzene rings is 1. The molecule has 2 rings (SSSR count). The molecule has 102 valence electrons. The zero-order valence-corrected chi connectivity index (χ0v) is 12.2. The molecule has 0 bridgehead atoms. The number of nitrogens with zero attached hydrogens (tertiary/aromatic N) is 5. The van der Waals surface area contributed by atoms with Gasteiger partial charge in [0.2, 0.25) is 17.2 Å². The Balaban J connectivity index is 2.37. The quantitative estimate of drug-likeness (QED) is 0.939. The summed E-state index contributed by atoms with van der Waals surface area (Å²) in [5.41, 5.74) is 1.00. The predicted molar refractivity (Wildman–Crippen MR) is 78.6 cm³/mol. The predicted octanol–water partition coefficient (Wildman–Crippen LogP) is 2.86. The molecule has 0 spiro atoms. The first-order valence-corrected chi connectivity index (χ1v) is 6.31. The summed E-state index contributed by atoms with van der Waals surface area (Å²) in [6.45, 7) is 0. The number of hydrogen-bond donors (Lipinski definition) is 1. The van der Waals surface area contributed by atoms with E-state index >= 15 is 0 Å². The van der Waals surface area contributed by atoms with Crippen molar-refractivity contribution in [3.63, 3.8) is 0 Å². The van der Waals surface area contributed by atoms with Gasteiger partial charge in [-0.05, 0) is 29.8 Å². The molecule has 1 aromatic heterocycles. The maximum Gasteiger partial charge on any atom is 0.233 e. The molecular formula is C12H10Cl2N6. The SMILES string of the molecule is CN(C)c1nc(Cl)nc(Nc2cc(C#N)ccc2Cl)n1. The fourth-order valence-electron chi connectivity index (χ4n) is 1.41. The van der Waals surface area contributed by atoms with Crippen LogP contribution in [0, 0.1) is 11.3 Å². The lowest BCUT2D eigenvalue weighted by molar-refractivity contribution is 0.961. The van der Waals surface area contributed by atoms with E-state index in [4.69, 9.17) is 28.5 Å². The van der Waals surface area contributed by atoms with Crippen LogP contribution in [0.4, 0.5) is 17.6 Å². The molecular weight excluding hydrogens is 299 g/mol. The lowest BCUT2D eigenvalue weighted by atomic mass is 10.2. The molecule has 20 heavy (non-hydrogen) atoms. The highest BCUT2D eigenvalue weighted by Crippen LogP contribution is 2.25. The zero-order valence-electron chi connectivity index (χ0n) is 10.7. The van der Waals surface area contributed by atoms with Crippen molar-refractivity contribution in [2.45, 2.75) is 0 Å². The van der Waals surface area contributed by atoms with Gasteiger partial charge in [0.15, 0.2) is 0 Å². The van der Waals surface area contributed by atoms with Crippen molar-refractivity contribution in [3.05, 3.63) is 34.1 Å². The van der Waals surface area contributed by atoms with E-state index in [0.717, 1.165) is 0 Å². The van der Waals surface area contributed by atoms with Crippen LogP contribution in [0.15, 0.2) is 18.2 Å². The van der Waals surface area contributed by atoms with Crippen LogP contribution < -0.4 is 10.2 Å². The molecule has 0 aliphatic carbocycles. The van der Waals surface area contributed by atoms with Gasteiger partial charge in [-0.3, -0.25) is 0 Å². The van der Waals surface area contributed by atoms with E-state index in [1.807, 2.05) is 6.07 Å². The number of halogens is 2. The molecule has 0 saturated carbocycles. The molecule has 0 fully saturated rings. The van der Waals surface area contributed by atoms with Gasteiger partial charge in [0.05, 0.1) is 22.3 Å². The molecule has 1 aromatic carbocycles. The summed E-state index contributed by atoms with van der Waals surface area (Å²) >= 11 is 11.9. The molecule has 0 amide bonds. The van der Waals surface area contributed by atoms with Crippen LogP contribution in [0.1, 0.15) is 5.56 Å². The standard InChI is InChI=1S/C12H10Cl2N6/c1-20(2)12-18-10(14)17-11(19-12)16-9-5-7(6-15)3-4-8(9)13/h3-5H,1-2H3,(H,16,17,18,19). The van der Waals surface area contributed by atoms with E-state index in [9.17, 15) is 0 Å². The third-order valence-electron chi connectivity index (χ3n) is 2.34. The third-order valence-corrected chi connectivity index (χ3v) is 2.84. The number of anilines is 3. The Labute approximate surface area is 126 Å². The number of hydrogen-bond acceptors (Lipinski definition) is 6. The number of nitrogens with one attached hydrogen (secondary N) is 1. The first-order valence-electron chi connectivity index (χ1n) is 5.55. The van der Waals surface area contributed by atoms with Crippen molar-refractivity contribution in [1.29, 1.82) is 5.26 Å². The molecule has 8 heteroatoms. The Hall–Kier alpha value is -2.10. The second kappa shape index (κ2) is 5.90. The van der Waals surface area contributed by atoms with E-state index in [1.165, 1.54) is 0 Å². The largest absolute Gasteiger partial charge is 0.347 e. The van der Waals surface area contributed by atoms with Gasteiger partial charge in [0.1, 0.15) is 0 Å². The molecule has 1 heterocycles. The van der Waals surface area contributed by atoms with Crippen LogP contribution in [-0.2, 0) is 0 Å². The normalized spacial score (nSPS) is 9.95. The summed E-state index contributed by atoms with van der Waals surface area (Å²) in [5, 5.41) is 12.3. The lowest BCUT2D eigenvalue weighted by Crippen LogP contribution is -2.14. The number of nitriles is 1. The van der Waals surface area contributed by atoms with Crippen LogP contribution in [0.3, 0.4) is 0 Å². The monoisotopic (exact) mass is 308 g/mol. The van der Waals surface area contributed by atoms with Gasteiger partial charge in [0, 0.05) is 14.1 Å². The molecule has 2 aromatic rings. The summed E-state index contributed by atoms with van der Waals surface area (Å²) in [5.74, 6) is 0.672. The average Bonchev–Trinajstić information content (AvgIpc) is 2.40. The molecule has 0 atom stereocenters. The minimum atomic E-state index is 0.0683. The highest BCUT2D eigenvalue weighted by molar-refractivity contribution is 6.33. The van der Waals surface area contributed by atoms with Gasteiger partial charge in [-0.2, -0.15) is 20.2 Å². The number of aromatic nitrogens is 3. The van der Waals surface area contributed by atoms with Crippen molar-refractivity contribution in [1.82, 2.24) is 15.0 Å². The summed E-state index contributed by atoms with van der Waals surface area (Å²) in [6, 6.07) is 6.89. The first kappa shape index (κ1) is 14.3. The Bertz CT molecular complexity index is 680. The Kier molecular flexibility index (Phi) is 4.23. The topological polar surface area (TPSA) is 77.7 Å². The number of rotatable bonds is 3. The molecule has 6 nitrogen and oxygen atoms in total. The summed E-state index contributed by atoms with van der Waals surface area (Å²) in [6.07, 6.45) is 0. The van der Waals surface area contributed by atoms with Crippen molar-refractivity contribution in [2.24, 2.45) is 0 Å².